The van der Waals surface area contributed by atoms with Crippen molar-refractivity contribution in [2.45, 2.75) is 290 Å². The minimum atomic E-state index is -0.779. The van der Waals surface area contributed by atoms with Crippen molar-refractivity contribution < 1.29 is 28.6 Å². The number of ether oxygens (including phenoxy) is 3. The van der Waals surface area contributed by atoms with E-state index in [-0.39, 0.29) is 31.1 Å². The van der Waals surface area contributed by atoms with Gasteiger partial charge in [0.2, 0.25) is 0 Å². The van der Waals surface area contributed by atoms with Crippen LogP contribution >= 0.6 is 0 Å². The predicted octanol–water partition coefficient (Wildman–Crippen LogP) is 19.4. The van der Waals surface area contributed by atoms with Crippen molar-refractivity contribution in [3.63, 3.8) is 0 Å². The van der Waals surface area contributed by atoms with Crippen LogP contribution in [0.5, 0.6) is 0 Å². The molecule has 392 valence electrons. The van der Waals surface area contributed by atoms with Crippen molar-refractivity contribution in [1.82, 2.24) is 0 Å². The molecule has 0 aromatic heterocycles. The molecule has 0 aliphatic rings. The molecule has 0 aliphatic heterocycles. The molecular formula is C62H108O6. The van der Waals surface area contributed by atoms with E-state index in [0.717, 1.165) is 109 Å². The maximum absolute atomic E-state index is 12.8. The Hall–Kier alpha value is -3.15. The number of unbranched alkanes of at least 4 members (excludes halogenated alkanes) is 29. The highest BCUT2D eigenvalue weighted by molar-refractivity contribution is 5.71. The first kappa shape index (κ1) is 64.8. The summed E-state index contributed by atoms with van der Waals surface area (Å²) in [6.45, 7) is 6.51. The molecule has 0 bridgehead atoms. The number of hydrogen-bond acceptors (Lipinski definition) is 6. The molecule has 0 aromatic rings. The summed E-state index contributed by atoms with van der Waals surface area (Å²) in [7, 11) is 0. The van der Waals surface area contributed by atoms with E-state index >= 15 is 0 Å². The smallest absolute Gasteiger partial charge is 0.306 e. The Morgan fingerprint density at radius 3 is 0.926 bits per heavy atom. The van der Waals surface area contributed by atoms with Gasteiger partial charge in [-0.1, -0.05) is 248 Å². The Bertz CT molecular complexity index is 1270. The van der Waals surface area contributed by atoms with Crippen molar-refractivity contribution in [1.29, 1.82) is 0 Å². The van der Waals surface area contributed by atoms with Gasteiger partial charge < -0.3 is 14.2 Å². The molecule has 0 saturated carbocycles. The van der Waals surface area contributed by atoms with Gasteiger partial charge in [-0.15, -0.1) is 0 Å². The van der Waals surface area contributed by atoms with Gasteiger partial charge in [0.05, 0.1) is 0 Å². The molecule has 0 heterocycles. The number of carbonyl (C=O) groups excluding carboxylic acids is 3. The lowest BCUT2D eigenvalue weighted by molar-refractivity contribution is -0.167. The lowest BCUT2D eigenvalue weighted by atomic mass is 10.0. The molecule has 0 amide bonds. The third kappa shape index (κ3) is 53.8. The summed E-state index contributed by atoms with van der Waals surface area (Å²) < 4.78 is 16.8. The monoisotopic (exact) mass is 949 g/mol. The summed E-state index contributed by atoms with van der Waals surface area (Å²) in [6, 6.07) is 0. The molecule has 0 spiro atoms. The number of rotatable bonds is 52. The van der Waals surface area contributed by atoms with E-state index in [1.165, 1.54) is 135 Å². The fourth-order valence-electron chi connectivity index (χ4n) is 8.11. The van der Waals surface area contributed by atoms with Crippen LogP contribution in [-0.4, -0.2) is 37.2 Å². The average Bonchev–Trinajstić information content (AvgIpc) is 3.34. The average molecular weight is 950 g/mol. The minimum absolute atomic E-state index is 0.0778. The molecule has 0 N–H and O–H groups in total. The maximum Gasteiger partial charge on any atom is 0.306 e. The lowest BCUT2D eigenvalue weighted by Crippen LogP contribution is -2.30. The van der Waals surface area contributed by atoms with E-state index in [0.29, 0.717) is 19.3 Å². The second-order valence-electron chi connectivity index (χ2n) is 19.2. The molecular weight excluding hydrogens is 841 g/mol. The predicted molar refractivity (Wildman–Crippen MR) is 293 cm³/mol. The zero-order valence-corrected chi connectivity index (χ0v) is 44.9. The summed E-state index contributed by atoms with van der Waals surface area (Å²) in [6.07, 6.45) is 71.8. The summed E-state index contributed by atoms with van der Waals surface area (Å²) in [5.74, 6) is -0.885. The maximum atomic E-state index is 12.8. The van der Waals surface area contributed by atoms with Gasteiger partial charge in [0.25, 0.3) is 0 Å². The van der Waals surface area contributed by atoms with Crippen molar-refractivity contribution in [3.05, 3.63) is 72.9 Å². The third-order valence-electron chi connectivity index (χ3n) is 12.4. The van der Waals surface area contributed by atoms with E-state index in [4.69, 9.17) is 14.2 Å². The molecule has 0 saturated heterocycles. The summed E-state index contributed by atoms with van der Waals surface area (Å²) in [5, 5.41) is 0. The van der Waals surface area contributed by atoms with Gasteiger partial charge in [-0.05, 0) is 89.9 Å². The van der Waals surface area contributed by atoms with Gasteiger partial charge in [-0.3, -0.25) is 14.4 Å². The molecule has 1 unspecified atom stereocenters. The number of hydrogen-bond donors (Lipinski definition) is 0. The molecule has 1 atom stereocenters. The Morgan fingerprint density at radius 1 is 0.309 bits per heavy atom. The van der Waals surface area contributed by atoms with Crippen molar-refractivity contribution in [2.24, 2.45) is 0 Å². The van der Waals surface area contributed by atoms with Crippen LogP contribution in [0.4, 0.5) is 0 Å². The molecule has 0 fully saturated rings. The fraction of sp³-hybridized carbons (Fsp3) is 0.758. The normalized spacial score (nSPS) is 12.6. The van der Waals surface area contributed by atoms with Crippen molar-refractivity contribution in [2.75, 3.05) is 13.2 Å². The largest absolute Gasteiger partial charge is 0.462 e. The number of carbonyl (C=O) groups is 3. The van der Waals surface area contributed by atoms with Gasteiger partial charge in [0.15, 0.2) is 6.10 Å². The van der Waals surface area contributed by atoms with Gasteiger partial charge in [-0.2, -0.15) is 0 Å². The van der Waals surface area contributed by atoms with Crippen LogP contribution in [0.15, 0.2) is 72.9 Å². The number of allylic oxidation sites excluding steroid dienone is 12. The molecule has 0 radical (unpaired) electrons. The van der Waals surface area contributed by atoms with Crippen LogP contribution in [0.2, 0.25) is 0 Å². The Labute approximate surface area is 421 Å². The van der Waals surface area contributed by atoms with Crippen LogP contribution in [0.1, 0.15) is 284 Å². The first-order valence-electron chi connectivity index (χ1n) is 28.9. The standard InChI is InChI=1S/C62H108O6/c1-4-7-10-13-16-19-22-25-26-27-28-29-30-31-32-33-34-35-36-38-40-43-46-49-52-55-61(64)67-58-59(57-66-60(63)54-51-48-45-42-39-24-21-18-15-12-9-6-3)68-62(65)56-53-50-47-44-41-37-23-20-17-14-11-8-5-2/h7,10,16,19-20,23,25-26,28-29,31-32,59H,4-6,8-9,11-15,17-18,21-22,24,27,30,33-58H2,1-3H3/b10-7-,19-16-,23-20-,26-25-,29-28-,32-31-. The van der Waals surface area contributed by atoms with E-state index in [2.05, 4.69) is 93.7 Å². The van der Waals surface area contributed by atoms with Crippen molar-refractivity contribution in [3.8, 4) is 0 Å². The van der Waals surface area contributed by atoms with Crippen molar-refractivity contribution >= 4 is 17.9 Å². The Kier molecular flexibility index (Phi) is 53.8. The topological polar surface area (TPSA) is 78.9 Å². The van der Waals surface area contributed by atoms with Gasteiger partial charge in [0, 0.05) is 19.3 Å². The van der Waals surface area contributed by atoms with Crippen LogP contribution < -0.4 is 0 Å². The zero-order valence-electron chi connectivity index (χ0n) is 44.9. The fourth-order valence-corrected chi connectivity index (χ4v) is 8.11. The zero-order chi connectivity index (χ0) is 49.3. The molecule has 0 aromatic carbocycles. The molecule has 68 heavy (non-hydrogen) atoms. The molecule has 0 aliphatic carbocycles. The van der Waals surface area contributed by atoms with Crippen LogP contribution in [0.25, 0.3) is 0 Å². The lowest BCUT2D eigenvalue weighted by Gasteiger charge is -2.18. The molecule has 0 rings (SSSR count). The summed E-state index contributed by atoms with van der Waals surface area (Å²) in [5.41, 5.74) is 0. The van der Waals surface area contributed by atoms with E-state index in [1.807, 2.05) is 0 Å². The second-order valence-corrected chi connectivity index (χ2v) is 19.2. The molecule has 6 nitrogen and oxygen atoms in total. The number of esters is 3. The van der Waals surface area contributed by atoms with Crippen LogP contribution in [0.3, 0.4) is 0 Å². The van der Waals surface area contributed by atoms with E-state index in [1.54, 1.807) is 0 Å². The first-order chi connectivity index (χ1) is 33.5. The highest BCUT2D eigenvalue weighted by Gasteiger charge is 2.19. The summed E-state index contributed by atoms with van der Waals surface area (Å²) >= 11 is 0. The Balaban J connectivity index is 4.28. The van der Waals surface area contributed by atoms with Crippen LogP contribution in [-0.2, 0) is 28.6 Å². The SMILES string of the molecule is CC/C=C\C/C=C\C/C=C\C/C=C\C/C=C\CCCCCCCCCCCC(=O)OCC(COC(=O)CCCCCCCCCCCCCC)OC(=O)CCCCCCC/C=C\CCCCCC. The minimum Gasteiger partial charge on any atom is -0.462 e. The van der Waals surface area contributed by atoms with Gasteiger partial charge in [0.1, 0.15) is 13.2 Å². The Morgan fingerprint density at radius 2 is 0.574 bits per heavy atom. The first-order valence-corrected chi connectivity index (χ1v) is 28.9. The quantitative estimate of drug-likeness (QED) is 0.0262. The highest BCUT2D eigenvalue weighted by Crippen LogP contribution is 2.16. The van der Waals surface area contributed by atoms with E-state index in [9.17, 15) is 14.4 Å². The second kappa shape index (κ2) is 56.4. The molecule has 6 heteroatoms. The highest BCUT2D eigenvalue weighted by atomic mass is 16.6. The van der Waals surface area contributed by atoms with Gasteiger partial charge in [-0.25, -0.2) is 0 Å². The third-order valence-corrected chi connectivity index (χ3v) is 12.4. The summed E-state index contributed by atoms with van der Waals surface area (Å²) in [4.78, 5) is 38.1. The van der Waals surface area contributed by atoms with Gasteiger partial charge >= 0.3 is 17.9 Å². The van der Waals surface area contributed by atoms with Crippen LogP contribution in [0, 0.1) is 0 Å². The van der Waals surface area contributed by atoms with E-state index < -0.39 is 6.10 Å².